The van der Waals surface area contributed by atoms with Crippen molar-refractivity contribution >= 4 is 10.8 Å². The Morgan fingerprint density at radius 3 is 1.53 bits per heavy atom. The van der Waals surface area contributed by atoms with E-state index in [1.165, 1.54) is 78.0 Å². The summed E-state index contributed by atoms with van der Waals surface area (Å²) in [4.78, 5) is 0. The summed E-state index contributed by atoms with van der Waals surface area (Å²) in [6.45, 7) is 13.9. The van der Waals surface area contributed by atoms with Crippen LogP contribution in [0, 0.1) is 23.2 Å². The third-order valence-electron chi connectivity index (χ3n) is 13.5. The van der Waals surface area contributed by atoms with E-state index in [0.717, 1.165) is 42.1 Å². The molecule has 4 heteroatoms. The molecule has 0 radical (unpaired) electrons. The maximum Gasteiger partial charge on any atom is 0.205 e. The highest BCUT2D eigenvalue weighted by Crippen LogP contribution is 2.61. The van der Waals surface area contributed by atoms with Crippen LogP contribution in [0.1, 0.15) is 139 Å². The van der Waals surface area contributed by atoms with Gasteiger partial charge in [-0.3, -0.25) is 0 Å². The number of hydrogen-bond acceptors (Lipinski definition) is 4. The van der Waals surface area contributed by atoms with Crippen LogP contribution in [0.25, 0.3) is 10.8 Å². The number of rotatable bonds is 13. The van der Waals surface area contributed by atoms with Crippen molar-refractivity contribution in [2.75, 3.05) is 7.11 Å². The second-order valence-electron chi connectivity index (χ2n) is 17.5. The van der Waals surface area contributed by atoms with E-state index in [1.54, 1.807) is 12.1 Å². The monoisotopic (exact) mass is 769 g/mol. The van der Waals surface area contributed by atoms with Crippen LogP contribution in [0.4, 0.5) is 0 Å². The highest BCUT2D eigenvalue weighted by molar-refractivity contribution is 5.85. The summed E-state index contributed by atoms with van der Waals surface area (Å²) in [6, 6.07) is 39.4. The molecule has 9 rings (SSSR count). The largest absolute Gasteiger partial charge is 0.508 e. The summed E-state index contributed by atoms with van der Waals surface area (Å²) in [7, 11) is 1.83. The van der Waals surface area contributed by atoms with E-state index in [2.05, 4.69) is 133 Å². The summed E-state index contributed by atoms with van der Waals surface area (Å²) in [5, 5.41) is 11.5. The Kier molecular flexibility index (Phi) is 14.8. The van der Waals surface area contributed by atoms with Crippen molar-refractivity contribution in [2.45, 2.75) is 130 Å². The van der Waals surface area contributed by atoms with E-state index in [0.29, 0.717) is 30.1 Å². The molecule has 4 atom stereocenters. The molecule has 4 fully saturated rings. The zero-order valence-corrected chi connectivity index (χ0v) is 35.8. The van der Waals surface area contributed by atoms with Crippen LogP contribution in [0.3, 0.4) is 0 Å². The first kappa shape index (κ1) is 42.3. The Labute approximate surface area is 344 Å². The molecule has 4 bridgehead atoms. The summed E-state index contributed by atoms with van der Waals surface area (Å²) in [5.74, 6) is 6.81. The van der Waals surface area contributed by atoms with Gasteiger partial charge in [-0.1, -0.05) is 120 Å². The van der Waals surface area contributed by atoms with E-state index < -0.39 is 0 Å². The average Bonchev–Trinajstić information content (AvgIpc) is 3.24. The standard InChI is InChI=1S/C22H32O2.C21H22O.C10H14O/c1-4-15(2)19-5-7-20(8-6-19)24-21(23-3)22-12-16-9-17(13-22)11-18(10-16)14-22;1-3-16(2)17-11-13-20(14-12-17)22-15-19-9-6-8-18-7-4-5-10-21(18)19;1-3-8(2)9-4-6-10(11)7-5-9/h5-8,15-18,21H,4,9-14H2,1-3H3;4-14,16H,3,15H2,1-2H3;4-8,11H,3H2,1-2H3. The minimum atomic E-state index is -0.0830. The Hall–Kier alpha value is -4.28. The lowest BCUT2D eigenvalue weighted by molar-refractivity contribution is -0.204. The second kappa shape index (κ2) is 19.9. The lowest BCUT2D eigenvalue weighted by Gasteiger charge is -2.58. The van der Waals surface area contributed by atoms with Gasteiger partial charge in [0, 0.05) is 12.5 Å². The molecule has 4 unspecified atom stereocenters. The molecule has 0 heterocycles. The Morgan fingerprint density at radius 2 is 1.04 bits per heavy atom. The predicted molar refractivity (Wildman–Crippen MR) is 237 cm³/mol. The Morgan fingerprint density at radius 1 is 0.579 bits per heavy atom. The molecule has 4 aliphatic rings. The second-order valence-corrected chi connectivity index (χ2v) is 17.5. The summed E-state index contributed by atoms with van der Waals surface area (Å²) in [5.41, 5.74) is 5.56. The molecule has 4 aliphatic carbocycles. The summed E-state index contributed by atoms with van der Waals surface area (Å²) in [6.07, 6.45) is 11.7. The van der Waals surface area contributed by atoms with Crippen LogP contribution >= 0.6 is 0 Å². The first-order chi connectivity index (χ1) is 27.6. The number of benzene rings is 5. The number of fused-ring (bicyclic) bond motifs is 1. The number of phenols is 1. The molecule has 5 aromatic rings. The van der Waals surface area contributed by atoms with E-state index in [4.69, 9.17) is 19.3 Å². The minimum absolute atomic E-state index is 0.0830. The number of ether oxygens (including phenoxy) is 3. The minimum Gasteiger partial charge on any atom is -0.508 e. The fraction of sp³-hybridized carbons (Fsp3) is 0.472. The van der Waals surface area contributed by atoms with Crippen molar-refractivity contribution in [2.24, 2.45) is 23.2 Å². The molecular formula is C53H68O4. The van der Waals surface area contributed by atoms with E-state index >= 15 is 0 Å². The van der Waals surface area contributed by atoms with Crippen LogP contribution in [0.2, 0.25) is 0 Å². The molecule has 0 aromatic heterocycles. The van der Waals surface area contributed by atoms with Gasteiger partial charge in [0.2, 0.25) is 6.29 Å². The highest BCUT2D eigenvalue weighted by atomic mass is 16.7. The molecule has 57 heavy (non-hydrogen) atoms. The van der Waals surface area contributed by atoms with Gasteiger partial charge in [-0.2, -0.15) is 0 Å². The molecule has 0 spiro atoms. The third kappa shape index (κ3) is 10.8. The van der Waals surface area contributed by atoms with E-state index in [9.17, 15) is 0 Å². The van der Waals surface area contributed by atoms with Crippen molar-refractivity contribution in [1.29, 1.82) is 0 Å². The van der Waals surface area contributed by atoms with Gasteiger partial charge in [0.1, 0.15) is 23.9 Å². The van der Waals surface area contributed by atoms with Crippen LogP contribution in [-0.4, -0.2) is 18.5 Å². The fourth-order valence-electron chi connectivity index (χ4n) is 9.87. The lowest BCUT2D eigenvalue weighted by Crippen LogP contribution is -2.53. The number of methoxy groups -OCH3 is 1. The molecule has 4 nitrogen and oxygen atoms in total. The molecule has 0 amide bonds. The number of phenolic OH excluding ortho intramolecular Hbond substituents is 1. The van der Waals surface area contributed by atoms with Gasteiger partial charge in [-0.15, -0.1) is 0 Å². The Bertz CT molecular complexity index is 1910. The molecule has 0 aliphatic heterocycles. The summed E-state index contributed by atoms with van der Waals surface area (Å²) < 4.78 is 18.3. The Balaban J connectivity index is 0.000000154. The van der Waals surface area contributed by atoms with Crippen molar-refractivity contribution in [3.63, 3.8) is 0 Å². The smallest absolute Gasteiger partial charge is 0.205 e. The van der Waals surface area contributed by atoms with Gasteiger partial charge < -0.3 is 19.3 Å². The van der Waals surface area contributed by atoms with Crippen molar-refractivity contribution < 1.29 is 19.3 Å². The van der Waals surface area contributed by atoms with Gasteiger partial charge in [-0.05, 0) is 163 Å². The predicted octanol–water partition coefficient (Wildman–Crippen LogP) is 14.6. The molecule has 1 N–H and O–H groups in total. The fourth-order valence-corrected chi connectivity index (χ4v) is 9.87. The van der Waals surface area contributed by atoms with E-state index in [-0.39, 0.29) is 11.7 Å². The molecule has 4 saturated carbocycles. The topological polar surface area (TPSA) is 47.9 Å². The van der Waals surface area contributed by atoms with Gasteiger partial charge in [-0.25, -0.2) is 0 Å². The van der Waals surface area contributed by atoms with Crippen molar-refractivity contribution in [1.82, 2.24) is 0 Å². The quantitative estimate of drug-likeness (QED) is 0.121. The van der Waals surface area contributed by atoms with Crippen LogP contribution in [-0.2, 0) is 11.3 Å². The van der Waals surface area contributed by atoms with Gasteiger partial charge in [0.25, 0.3) is 0 Å². The van der Waals surface area contributed by atoms with Gasteiger partial charge in [0.05, 0.1) is 0 Å². The maximum atomic E-state index is 9.01. The van der Waals surface area contributed by atoms with Crippen molar-refractivity contribution in [3.05, 3.63) is 138 Å². The van der Waals surface area contributed by atoms with Crippen molar-refractivity contribution in [3.8, 4) is 17.2 Å². The zero-order chi connectivity index (χ0) is 40.4. The average molecular weight is 769 g/mol. The normalized spacial score (nSPS) is 22.6. The van der Waals surface area contributed by atoms with Crippen LogP contribution in [0.15, 0.2) is 115 Å². The zero-order valence-electron chi connectivity index (χ0n) is 35.8. The number of aromatic hydroxyl groups is 1. The first-order valence-electron chi connectivity index (χ1n) is 21.9. The van der Waals surface area contributed by atoms with Gasteiger partial charge >= 0.3 is 0 Å². The molecular weight excluding hydrogens is 701 g/mol. The SMILES string of the molecule is CCC(C)c1ccc(O)cc1.CCC(C)c1ccc(OC(OC)C23CC4CC(CC(C4)C2)C3)cc1.CCC(C)c1ccc(OCc2cccc3ccccc23)cc1. The van der Waals surface area contributed by atoms with Crippen LogP contribution in [0.5, 0.6) is 17.2 Å². The molecule has 5 aromatic carbocycles. The lowest BCUT2D eigenvalue weighted by atomic mass is 9.49. The summed E-state index contributed by atoms with van der Waals surface area (Å²) >= 11 is 0. The maximum absolute atomic E-state index is 9.01. The molecule has 0 saturated heterocycles. The highest BCUT2D eigenvalue weighted by Gasteiger charge is 2.55. The van der Waals surface area contributed by atoms with E-state index in [1.807, 2.05) is 19.2 Å². The molecule has 304 valence electrons. The first-order valence-corrected chi connectivity index (χ1v) is 21.9. The third-order valence-corrected chi connectivity index (χ3v) is 13.5. The number of hydrogen-bond donors (Lipinski definition) is 1. The van der Waals surface area contributed by atoms with Crippen LogP contribution < -0.4 is 9.47 Å². The van der Waals surface area contributed by atoms with Gasteiger partial charge in [0.15, 0.2) is 0 Å².